The fourth-order valence-electron chi connectivity index (χ4n) is 3.44. The number of aryl methyl sites for hydroxylation is 1. The Hall–Kier alpha value is -2.62. The quantitative estimate of drug-likeness (QED) is 0.647. The number of hydrogen-bond acceptors (Lipinski definition) is 6. The van der Waals surface area contributed by atoms with Gasteiger partial charge in [-0.15, -0.1) is 5.10 Å². The number of nitrogens with zero attached hydrogens (tertiary/aromatic N) is 6. The zero-order valence-corrected chi connectivity index (χ0v) is 16.5. The molecule has 1 aliphatic heterocycles. The lowest BCUT2D eigenvalue weighted by atomic mass is 10.2. The third kappa shape index (κ3) is 3.82. The fraction of sp³-hybridized carbons (Fsp3) is 0.316. The van der Waals surface area contributed by atoms with Gasteiger partial charge in [-0.3, -0.25) is 4.90 Å². The fourth-order valence-corrected chi connectivity index (χ4v) is 4.94. The molecule has 1 aromatic heterocycles. The molecule has 0 aliphatic carbocycles. The highest BCUT2D eigenvalue weighted by atomic mass is 32.2. The molecule has 1 aliphatic rings. The molecule has 146 valence electrons. The predicted octanol–water partition coefficient (Wildman–Crippen LogP) is 1.48. The van der Waals surface area contributed by atoms with E-state index in [2.05, 4.69) is 32.6 Å². The molecule has 8 nitrogen and oxygen atoms in total. The minimum Gasteiger partial charge on any atom is -0.296 e. The maximum absolute atomic E-state index is 13.1. The summed E-state index contributed by atoms with van der Waals surface area (Å²) >= 11 is 0. The molecule has 1 saturated heterocycles. The molecule has 0 N–H and O–H groups in total. The molecule has 3 aromatic rings. The van der Waals surface area contributed by atoms with Crippen molar-refractivity contribution < 1.29 is 8.42 Å². The number of benzene rings is 2. The zero-order valence-electron chi connectivity index (χ0n) is 15.6. The van der Waals surface area contributed by atoms with Crippen LogP contribution in [0.25, 0.3) is 5.69 Å². The van der Waals surface area contributed by atoms with Crippen molar-refractivity contribution in [2.45, 2.75) is 18.4 Å². The van der Waals surface area contributed by atoms with Gasteiger partial charge in [0.05, 0.1) is 10.6 Å². The average molecular weight is 398 g/mol. The first-order valence-corrected chi connectivity index (χ1v) is 10.6. The molecule has 0 saturated carbocycles. The molecule has 0 amide bonds. The van der Waals surface area contributed by atoms with Crippen LogP contribution < -0.4 is 0 Å². The normalized spacial score (nSPS) is 16.3. The van der Waals surface area contributed by atoms with Crippen LogP contribution in [0.4, 0.5) is 0 Å². The van der Waals surface area contributed by atoms with Gasteiger partial charge in [0, 0.05) is 32.7 Å². The van der Waals surface area contributed by atoms with E-state index in [0.717, 1.165) is 30.9 Å². The van der Waals surface area contributed by atoms with Crippen LogP contribution in [0.2, 0.25) is 0 Å². The minimum absolute atomic E-state index is 0.304. The molecule has 0 radical (unpaired) electrons. The van der Waals surface area contributed by atoms with Gasteiger partial charge in [0.1, 0.15) is 6.33 Å². The van der Waals surface area contributed by atoms with E-state index in [0.29, 0.717) is 18.0 Å². The maximum atomic E-state index is 13.1. The van der Waals surface area contributed by atoms with Crippen LogP contribution >= 0.6 is 0 Å². The Morgan fingerprint density at radius 1 is 1.00 bits per heavy atom. The molecule has 0 atom stereocenters. The van der Waals surface area contributed by atoms with E-state index in [1.165, 1.54) is 16.6 Å². The lowest BCUT2D eigenvalue weighted by molar-refractivity contribution is 0.181. The molecule has 9 heteroatoms. The van der Waals surface area contributed by atoms with Gasteiger partial charge in [0.2, 0.25) is 10.0 Å². The van der Waals surface area contributed by atoms with Crippen molar-refractivity contribution in [3.63, 3.8) is 0 Å². The van der Waals surface area contributed by atoms with Gasteiger partial charge in [-0.1, -0.05) is 30.3 Å². The first kappa shape index (κ1) is 18.7. The molecule has 0 bridgehead atoms. The number of piperazine rings is 1. The lowest BCUT2D eigenvalue weighted by Crippen LogP contribution is -2.48. The molecular weight excluding hydrogens is 376 g/mol. The van der Waals surface area contributed by atoms with Gasteiger partial charge in [-0.05, 0) is 46.7 Å². The van der Waals surface area contributed by atoms with Crippen molar-refractivity contribution in [2.75, 3.05) is 26.2 Å². The van der Waals surface area contributed by atoms with Crippen LogP contribution in [-0.2, 0) is 16.6 Å². The summed E-state index contributed by atoms with van der Waals surface area (Å²) in [5.74, 6) is 0. The molecule has 0 unspecified atom stereocenters. The second-order valence-corrected chi connectivity index (χ2v) is 8.81. The highest BCUT2D eigenvalue weighted by Gasteiger charge is 2.28. The van der Waals surface area contributed by atoms with Crippen LogP contribution in [0.3, 0.4) is 0 Å². The topological polar surface area (TPSA) is 84.2 Å². The van der Waals surface area contributed by atoms with E-state index in [1.807, 2.05) is 25.1 Å². The summed E-state index contributed by atoms with van der Waals surface area (Å²) in [7, 11) is -3.52. The molecule has 0 spiro atoms. The zero-order chi connectivity index (χ0) is 19.6. The summed E-state index contributed by atoms with van der Waals surface area (Å²) in [5, 5.41) is 11.1. The van der Waals surface area contributed by atoms with Crippen LogP contribution in [0, 0.1) is 6.92 Å². The number of tetrazole rings is 1. The third-order valence-electron chi connectivity index (χ3n) is 4.98. The summed E-state index contributed by atoms with van der Waals surface area (Å²) in [4.78, 5) is 2.59. The molecular formula is C19H22N6O2S. The molecule has 4 rings (SSSR count). The van der Waals surface area contributed by atoms with Crippen molar-refractivity contribution in [1.82, 2.24) is 29.4 Å². The maximum Gasteiger partial charge on any atom is 0.243 e. The van der Waals surface area contributed by atoms with E-state index in [-0.39, 0.29) is 0 Å². The Labute approximate surface area is 164 Å². The van der Waals surface area contributed by atoms with Gasteiger partial charge < -0.3 is 0 Å². The summed E-state index contributed by atoms with van der Waals surface area (Å²) < 4.78 is 29.2. The average Bonchev–Trinajstić information content (AvgIpc) is 3.23. The van der Waals surface area contributed by atoms with Gasteiger partial charge in [-0.25, -0.2) is 13.1 Å². The summed E-state index contributed by atoms with van der Waals surface area (Å²) in [6.07, 6.45) is 1.49. The van der Waals surface area contributed by atoms with E-state index in [1.54, 1.807) is 22.5 Å². The third-order valence-corrected chi connectivity index (χ3v) is 6.88. The van der Waals surface area contributed by atoms with Crippen molar-refractivity contribution in [3.05, 3.63) is 66.0 Å². The monoisotopic (exact) mass is 398 g/mol. The predicted molar refractivity (Wildman–Crippen MR) is 104 cm³/mol. The van der Waals surface area contributed by atoms with Crippen molar-refractivity contribution in [2.24, 2.45) is 0 Å². The Kier molecular flexibility index (Phi) is 5.21. The summed E-state index contributed by atoms with van der Waals surface area (Å²) in [6.45, 7) is 5.11. The Morgan fingerprint density at radius 3 is 2.39 bits per heavy atom. The van der Waals surface area contributed by atoms with E-state index in [9.17, 15) is 8.42 Å². The largest absolute Gasteiger partial charge is 0.296 e. The smallest absolute Gasteiger partial charge is 0.243 e. The summed E-state index contributed by atoms with van der Waals surface area (Å²) in [5.41, 5.74) is 2.81. The highest BCUT2D eigenvalue weighted by Crippen LogP contribution is 2.22. The first-order chi connectivity index (χ1) is 13.5. The minimum atomic E-state index is -3.52. The van der Waals surface area contributed by atoms with Crippen molar-refractivity contribution >= 4 is 10.0 Å². The van der Waals surface area contributed by atoms with E-state index in [4.69, 9.17) is 0 Å². The first-order valence-electron chi connectivity index (χ1n) is 9.14. The highest BCUT2D eigenvalue weighted by molar-refractivity contribution is 7.89. The van der Waals surface area contributed by atoms with Crippen LogP contribution in [0.15, 0.2) is 59.8 Å². The lowest BCUT2D eigenvalue weighted by Gasteiger charge is -2.34. The number of aromatic nitrogens is 4. The van der Waals surface area contributed by atoms with Gasteiger partial charge in [0.15, 0.2) is 0 Å². The van der Waals surface area contributed by atoms with Crippen LogP contribution in [-0.4, -0.2) is 64.0 Å². The SMILES string of the molecule is Cc1cc(S(=O)(=O)N2CCN(Cc3ccccc3)CC2)ccc1-n1cnnn1. The number of hydrogen-bond donors (Lipinski definition) is 0. The van der Waals surface area contributed by atoms with Crippen molar-refractivity contribution in [1.29, 1.82) is 0 Å². The van der Waals surface area contributed by atoms with Crippen LogP contribution in [0.5, 0.6) is 0 Å². The number of rotatable bonds is 5. The molecule has 28 heavy (non-hydrogen) atoms. The Balaban J connectivity index is 1.45. The molecule has 2 aromatic carbocycles. The second-order valence-electron chi connectivity index (χ2n) is 6.87. The van der Waals surface area contributed by atoms with Crippen molar-refractivity contribution in [3.8, 4) is 5.69 Å². The molecule has 1 fully saturated rings. The van der Waals surface area contributed by atoms with Crippen LogP contribution in [0.1, 0.15) is 11.1 Å². The van der Waals surface area contributed by atoms with Gasteiger partial charge in [0.25, 0.3) is 0 Å². The second kappa shape index (κ2) is 7.78. The van der Waals surface area contributed by atoms with Gasteiger partial charge >= 0.3 is 0 Å². The standard InChI is InChI=1S/C19H22N6O2S/c1-16-13-18(7-8-19(16)25-15-20-21-22-25)28(26,27)24-11-9-23(10-12-24)14-17-5-3-2-4-6-17/h2-8,13,15H,9-12,14H2,1H3. The Morgan fingerprint density at radius 2 is 1.75 bits per heavy atom. The summed E-state index contributed by atoms with van der Waals surface area (Å²) in [6, 6.07) is 15.3. The van der Waals surface area contributed by atoms with E-state index < -0.39 is 10.0 Å². The van der Waals surface area contributed by atoms with E-state index >= 15 is 0 Å². The van der Waals surface area contributed by atoms with Gasteiger partial charge in [-0.2, -0.15) is 4.31 Å². The molecule has 2 heterocycles. The Bertz CT molecular complexity index is 1030. The number of sulfonamides is 1.